The Morgan fingerprint density at radius 1 is 0.252 bits per heavy atom. The number of aliphatic hydroxyl groups is 2. The zero-order valence-corrected chi connectivity index (χ0v) is 70.8. The summed E-state index contributed by atoms with van der Waals surface area (Å²) in [6.45, 7) is 2.31. The number of phosphoric ester groups is 2. The van der Waals surface area contributed by atoms with E-state index in [0.29, 0.717) is 19.3 Å². The monoisotopic (exact) mass is 1590 g/mol. The second-order valence-electron chi connectivity index (χ2n) is 27.8. The molecule has 5 atom stereocenters. The number of carbonyl (C=O) groups excluding carboxylic acids is 3. The summed E-state index contributed by atoms with van der Waals surface area (Å²) in [5.41, 5.74) is 0. The predicted octanol–water partition coefficient (Wildman–Crippen LogP) is 25.9. The molecule has 0 aromatic carbocycles. The van der Waals surface area contributed by atoms with Gasteiger partial charge in [-0.3, -0.25) is 32.5 Å². The molecule has 0 aromatic heterocycles. The van der Waals surface area contributed by atoms with Crippen LogP contribution in [0.2, 0.25) is 0 Å². The lowest BCUT2D eigenvalue weighted by Gasteiger charge is -2.21. The van der Waals surface area contributed by atoms with E-state index in [4.69, 9.17) is 32.3 Å². The van der Waals surface area contributed by atoms with Gasteiger partial charge in [-0.1, -0.05) is 331 Å². The van der Waals surface area contributed by atoms with Crippen molar-refractivity contribution in [3.63, 3.8) is 0 Å². The molecule has 4 N–H and O–H groups in total. The number of hydrogen-bond donors (Lipinski definition) is 4. The van der Waals surface area contributed by atoms with Crippen molar-refractivity contribution in [2.24, 2.45) is 0 Å². The van der Waals surface area contributed by atoms with E-state index in [2.05, 4.69) is 215 Å². The summed E-state index contributed by atoms with van der Waals surface area (Å²) in [5.74, 6) is -1.61. The Labute approximate surface area is 674 Å². The van der Waals surface area contributed by atoms with Gasteiger partial charge in [-0.15, -0.1) is 0 Å². The van der Waals surface area contributed by atoms with Crippen molar-refractivity contribution in [1.29, 1.82) is 0 Å². The van der Waals surface area contributed by atoms with Gasteiger partial charge >= 0.3 is 33.6 Å². The Kier molecular flexibility index (Phi) is 79.6. The minimum atomic E-state index is -4.95. The third kappa shape index (κ3) is 85.1. The molecule has 630 valence electrons. The van der Waals surface area contributed by atoms with Gasteiger partial charge in [0.15, 0.2) is 6.10 Å². The van der Waals surface area contributed by atoms with E-state index in [-0.39, 0.29) is 19.3 Å². The number of hydrogen-bond acceptors (Lipinski definition) is 14. The first-order valence-electron chi connectivity index (χ1n) is 42.7. The lowest BCUT2D eigenvalue weighted by Crippen LogP contribution is -2.30. The highest BCUT2D eigenvalue weighted by Gasteiger charge is 2.29. The molecule has 18 heteroatoms. The summed E-state index contributed by atoms with van der Waals surface area (Å²) in [6.07, 6.45) is 110. The standard InChI is InChI=1S/C93H152O16P2/c1-4-7-10-13-16-19-22-25-28-31-34-37-39-41-43-45-47-50-52-55-58-61-64-67-70-73-76-79-91(96)103-82-88(94)83-105-110(99,100)106-84-89(95)85-107-111(101,102)108-87-90(109-93(98)81-78-75-72-69-66-63-60-57-54-49-36-33-30-27-24-21-18-15-12-9-6-3)86-104-92(97)80-77-74-71-68-65-62-59-56-53-51-48-46-44-42-40-38-35-32-29-26-23-20-17-14-11-8-5-2/h7-12,16-21,25-30,34-38,41-44,47,49-50,57,60,88-90,94-95H,4-6,13-15,22-24,31-33,39-40,45-46,48,51-56,58-59,61-87H2,1-3H3,(H,99,100)(H,101,102)/b10-7-,11-8-,12-9-,19-16-,20-17-,21-18-,28-25-,29-26-,30-27-,37-34-,38-35-,43-41-,44-42-,49-36-,50-47-,60-57-. The van der Waals surface area contributed by atoms with Gasteiger partial charge in [-0.05, 0) is 161 Å². The highest BCUT2D eigenvalue weighted by atomic mass is 31.2. The first-order chi connectivity index (χ1) is 54.2. The van der Waals surface area contributed by atoms with Crippen molar-refractivity contribution in [2.75, 3.05) is 39.6 Å². The highest BCUT2D eigenvalue weighted by Crippen LogP contribution is 2.45. The van der Waals surface area contributed by atoms with Crippen LogP contribution in [-0.4, -0.2) is 95.9 Å². The third-order valence-corrected chi connectivity index (χ3v) is 19.2. The third-order valence-electron chi connectivity index (χ3n) is 17.3. The van der Waals surface area contributed by atoms with Gasteiger partial charge in [0.1, 0.15) is 25.4 Å². The lowest BCUT2D eigenvalue weighted by atomic mass is 10.0. The number of aliphatic hydroxyl groups excluding tert-OH is 2. The van der Waals surface area contributed by atoms with Gasteiger partial charge in [-0.2, -0.15) is 0 Å². The summed E-state index contributed by atoms with van der Waals surface area (Å²) < 4.78 is 61.3. The molecule has 0 fully saturated rings. The summed E-state index contributed by atoms with van der Waals surface area (Å²) in [6, 6.07) is 0. The number of unbranched alkanes of at least 4 members (excludes halogenated alkanes) is 24. The maximum Gasteiger partial charge on any atom is 0.472 e. The van der Waals surface area contributed by atoms with Gasteiger partial charge in [0.25, 0.3) is 0 Å². The molecular weight excluding hydrogens is 1430 g/mol. The van der Waals surface area contributed by atoms with Crippen molar-refractivity contribution >= 4 is 33.6 Å². The SMILES string of the molecule is CC/C=C\C/C=C\C/C=C\C/C=C\C/C=C\C/C=C\CCCCCCCCCCC(=O)OCC(O)COP(=O)(O)OCC(O)COP(=O)(O)OCC(COC(=O)CCCCCCCCCCCCC/C=C\C/C=C\C/C=C\C/C=C\C/C=C\CC)OC(=O)CCCCCCC/C=C\C/C=C\C/C=C\C/C=C\C/C=C\CC. The van der Waals surface area contributed by atoms with E-state index in [1.54, 1.807) is 0 Å². The molecule has 0 bridgehead atoms. The van der Waals surface area contributed by atoms with Gasteiger partial charge in [0, 0.05) is 19.3 Å². The van der Waals surface area contributed by atoms with Crippen molar-refractivity contribution in [3.05, 3.63) is 194 Å². The molecule has 0 amide bonds. The minimum absolute atomic E-state index is 0.0747. The maximum atomic E-state index is 13.0. The molecular formula is C93H152O16P2. The molecule has 0 aliphatic heterocycles. The average Bonchev–Trinajstić information content (AvgIpc) is 0.889. The lowest BCUT2D eigenvalue weighted by molar-refractivity contribution is -0.161. The smallest absolute Gasteiger partial charge is 0.463 e. The molecule has 111 heavy (non-hydrogen) atoms. The van der Waals surface area contributed by atoms with Crippen LogP contribution in [0.4, 0.5) is 0 Å². The molecule has 0 aliphatic rings. The predicted molar refractivity (Wildman–Crippen MR) is 463 cm³/mol. The summed E-state index contributed by atoms with van der Waals surface area (Å²) in [5, 5.41) is 20.7. The number of esters is 3. The van der Waals surface area contributed by atoms with Crippen LogP contribution in [-0.2, 0) is 55.8 Å². The fraction of sp³-hybridized carbons (Fsp3) is 0.624. The molecule has 0 saturated carbocycles. The molecule has 0 aliphatic carbocycles. The van der Waals surface area contributed by atoms with Crippen LogP contribution in [0.5, 0.6) is 0 Å². The molecule has 16 nitrogen and oxygen atoms in total. The Balaban J connectivity index is 4.70. The van der Waals surface area contributed by atoms with Crippen LogP contribution in [0.15, 0.2) is 194 Å². The second-order valence-corrected chi connectivity index (χ2v) is 30.7. The average molecular weight is 1590 g/mol. The molecule has 5 unspecified atom stereocenters. The number of phosphoric acid groups is 2. The van der Waals surface area contributed by atoms with Crippen LogP contribution in [0.3, 0.4) is 0 Å². The van der Waals surface area contributed by atoms with Crippen LogP contribution in [0.25, 0.3) is 0 Å². The summed E-state index contributed by atoms with van der Waals surface area (Å²) >= 11 is 0. The van der Waals surface area contributed by atoms with Crippen LogP contribution < -0.4 is 0 Å². The molecule has 0 rings (SSSR count). The summed E-state index contributed by atoms with van der Waals surface area (Å²) in [4.78, 5) is 58.9. The van der Waals surface area contributed by atoms with Crippen molar-refractivity contribution < 1.29 is 75.8 Å². The normalized spacial score (nSPS) is 14.8. The Bertz CT molecular complexity index is 2800. The van der Waals surface area contributed by atoms with E-state index in [1.807, 2.05) is 0 Å². The van der Waals surface area contributed by atoms with Crippen LogP contribution in [0.1, 0.15) is 316 Å². The number of rotatable bonds is 79. The van der Waals surface area contributed by atoms with Crippen molar-refractivity contribution in [1.82, 2.24) is 0 Å². The number of allylic oxidation sites excluding steroid dienone is 32. The Morgan fingerprint density at radius 2 is 0.450 bits per heavy atom. The van der Waals surface area contributed by atoms with Gasteiger partial charge < -0.3 is 34.2 Å². The number of ether oxygens (including phenoxy) is 3. The number of carbonyl (C=O) groups is 3. The second kappa shape index (κ2) is 83.8. The largest absolute Gasteiger partial charge is 0.472 e. The first-order valence-corrected chi connectivity index (χ1v) is 45.7. The fourth-order valence-corrected chi connectivity index (χ4v) is 12.5. The zero-order chi connectivity index (χ0) is 80.8. The molecule has 0 spiro atoms. The zero-order valence-electron chi connectivity index (χ0n) is 69.1. The molecule has 0 aromatic rings. The van der Waals surface area contributed by atoms with Gasteiger partial charge in [0.05, 0.1) is 26.4 Å². The highest BCUT2D eigenvalue weighted by molar-refractivity contribution is 7.47. The molecule has 0 saturated heterocycles. The van der Waals surface area contributed by atoms with Crippen molar-refractivity contribution in [3.8, 4) is 0 Å². The fourth-order valence-electron chi connectivity index (χ4n) is 10.9. The van der Waals surface area contributed by atoms with E-state index >= 15 is 0 Å². The van der Waals surface area contributed by atoms with Crippen LogP contribution in [0, 0.1) is 0 Å². The Hall–Kier alpha value is -5.61. The van der Waals surface area contributed by atoms with Gasteiger partial charge in [-0.25, -0.2) is 9.13 Å². The van der Waals surface area contributed by atoms with Crippen LogP contribution >= 0.6 is 15.6 Å². The van der Waals surface area contributed by atoms with Crippen molar-refractivity contribution in [2.45, 2.75) is 334 Å². The van der Waals surface area contributed by atoms with E-state index in [0.717, 1.165) is 199 Å². The van der Waals surface area contributed by atoms with E-state index in [9.17, 15) is 43.5 Å². The summed E-state index contributed by atoms with van der Waals surface area (Å²) in [7, 11) is -9.82. The maximum absolute atomic E-state index is 13.0. The van der Waals surface area contributed by atoms with E-state index in [1.165, 1.54) is 57.8 Å². The quantitative estimate of drug-likeness (QED) is 0.0146. The molecule has 0 heterocycles. The van der Waals surface area contributed by atoms with Gasteiger partial charge in [0.2, 0.25) is 0 Å². The molecule has 0 radical (unpaired) electrons. The Morgan fingerprint density at radius 3 is 0.712 bits per heavy atom. The van der Waals surface area contributed by atoms with E-state index < -0.39 is 91.5 Å². The topological polar surface area (TPSA) is 231 Å². The first kappa shape index (κ1) is 105. The minimum Gasteiger partial charge on any atom is -0.463 e.